The van der Waals surface area contributed by atoms with Crippen LogP contribution in [0.15, 0.2) is 58.3 Å². The van der Waals surface area contributed by atoms with Crippen molar-refractivity contribution in [3.8, 4) is 0 Å². The van der Waals surface area contributed by atoms with Crippen molar-refractivity contribution in [2.24, 2.45) is 11.8 Å². The summed E-state index contributed by atoms with van der Waals surface area (Å²) < 4.78 is 49.8. The molecule has 0 radical (unpaired) electrons. The normalized spacial score (nSPS) is 12.3. The number of benzene rings is 2. The van der Waals surface area contributed by atoms with Crippen LogP contribution in [0.4, 0.5) is 0 Å². The van der Waals surface area contributed by atoms with Gasteiger partial charge in [0.25, 0.3) is 0 Å². The van der Waals surface area contributed by atoms with Crippen LogP contribution >= 0.6 is 0 Å². The Morgan fingerprint density at radius 1 is 0.606 bits per heavy atom. The van der Waals surface area contributed by atoms with Gasteiger partial charge in [-0.1, -0.05) is 52.0 Å². The number of Topliss-reactive ketones (excluding diaryl/α,β-unsaturated/α-hetero) is 2. The van der Waals surface area contributed by atoms with Gasteiger partial charge in [0, 0.05) is 12.8 Å². The van der Waals surface area contributed by atoms with Crippen LogP contribution in [0.2, 0.25) is 0 Å². The van der Waals surface area contributed by atoms with Crippen molar-refractivity contribution in [3.63, 3.8) is 0 Å². The molecule has 6 nitrogen and oxygen atoms in total. The molecule has 0 spiro atoms. The van der Waals surface area contributed by atoms with Crippen molar-refractivity contribution in [2.45, 2.75) is 56.7 Å². The number of carbonyl (C=O) groups is 2. The number of sulfone groups is 2. The van der Waals surface area contributed by atoms with Crippen molar-refractivity contribution < 1.29 is 26.4 Å². The maximum absolute atomic E-state index is 12.5. The van der Waals surface area contributed by atoms with Crippen molar-refractivity contribution in [3.05, 3.63) is 59.7 Å². The molecular formula is C25H32O6S2. The average molecular weight is 493 g/mol. The van der Waals surface area contributed by atoms with E-state index >= 15 is 0 Å². The number of hydrogen-bond acceptors (Lipinski definition) is 6. The molecule has 0 heterocycles. The Kier molecular flexibility index (Phi) is 9.14. The number of ketones is 2. The lowest BCUT2D eigenvalue weighted by Gasteiger charge is -2.08. The molecule has 0 bridgehead atoms. The lowest BCUT2D eigenvalue weighted by Crippen LogP contribution is -2.17. The first-order valence-corrected chi connectivity index (χ1v) is 14.3. The molecule has 0 saturated heterocycles. The minimum absolute atomic E-state index is 0.107. The Morgan fingerprint density at radius 2 is 0.909 bits per heavy atom. The van der Waals surface area contributed by atoms with E-state index in [9.17, 15) is 26.4 Å². The van der Waals surface area contributed by atoms with Gasteiger partial charge in [-0.05, 0) is 53.6 Å². The summed E-state index contributed by atoms with van der Waals surface area (Å²) in [6.07, 6.45) is 0.947. The van der Waals surface area contributed by atoms with Crippen LogP contribution in [0.25, 0.3) is 0 Å². The third kappa shape index (κ3) is 8.51. The van der Waals surface area contributed by atoms with Gasteiger partial charge in [0.15, 0.2) is 19.7 Å². The quantitative estimate of drug-likeness (QED) is 0.443. The van der Waals surface area contributed by atoms with Crippen LogP contribution in [0, 0.1) is 11.8 Å². The smallest absolute Gasteiger partial charge is 0.185 e. The van der Waals surface area contributed by atoms with Crippen LogP contribution in [-0.4, -0.2) is 39.9 Å². The standard InChI is InChI=1S/C25H32O6S2/c1-18(2)13-22(26)16-32(28,29)24-9-5-20(6-10-24)15-21-7-11-25(12-8-21)33(30,31)17-23(27)14-19(3)4/h5-12,18-19H,13-17H2,1-4H3. The molecule has 0 unspecified atom stereocenters. The molecule has 0 atom stereocenters. The monoisotopic (exact) mass is 492 g/mol. The summed E-state index contributed by atoms with van der Waals surface area (Å²) in [5, 5.41) is 0. The fourth-order valence-electron chi connectivity index (χ4n) is 3.48. The van der Waals surface area contributed by atoms with E-state index in [0.717, 1.165) is 11.1 Å². The summed E-state index contributed by atoms with van der Waals surface area (Å²) in [5.41, 5.74) is 1.70. The van der Waals surface area contributed by atoms with E-state index in [1.807, 2.05) is 27.7 Å². The molecule has 2 rings (SSSR count). The first-order chi connectivity index (χ1) is 15.3. The lowest BCUT2D eigenvalue weighted by atomic mass is 10.1. The van der Waals surface area contributed by atoms with Gasteiger partial charge in [-0.15, -0.1) is 0 Å². The predicted molar refractivity (Wildman–Crippen MR) is 129 cm³/mol. The second kappa shape index (κ2) is 11.2. The zero-order valence-electron chi connectivity index (χ0n) is 19.6. The molecule has 0 aliphatic heterocycles. The summed E-state index contributed by atoms with van der Waals surface area (Å²) in [6.45, 7) is 7.47. The first kappa shape index (κ1) is 26.9. The molecule has 0 aliphatic rings. The minimum atomic E-state index is -3.68. The molecule has 0 saturated carbocycles. The second-order valence-corrected chi connectivity index (χ2v) is 13.2. The molecule has 0 N–H and O–H groups in total. The zero-order chi connectivity index (χ0) is 24.8. The molecule has 8 heteroatoms. The summed E-state index contributed by atoms with van der Waals surface area (Å²) in [4.78, 5) is 24.0. The molecule has 33 heavy (non-hydrogen) atoms. The van der Waals surface area contributed by atoms with Gasteiger partial charge in [-0.25, -0.2) is 16.8 Å². The van der Waals surface area contributed by atoms with E-state index in [4.69, 9.17) is 0 Å². The fourth-order valence-corrected chi connectivity index (χ4v) is 6.00. The van der Waals surface area contributed by atoms with Gasteiger partial charge >= 0.3 is 0 Å². The fraction of sp³-hybridized carbons (Fsp3) is 0.440. The van der Waals surface area contributed by atoms with Gasteiger partial charge < -0.3 is 0 Å². The van der Waals surface area contributed by atoms with Gasteiger partial charge in [-0.3, -0.25) is 9.59 Å². The van der Waals surface area contributed by atoms with Gasteiger partial charge in [-0.2, -0.15) is 0 Å². The molecule has 180 valence electrons. The Morgan fingerprint density at radius 3 is 1.18 bits per heavy atom. The average Bonchev–Trinajstić information content (AvgIpc) is 2.66. The first-order valence-electron chi connectivity index (χ1n) is 11.0. The Balaban J connectivity index is 2.05. The third-order valence-electron chi connectivity index (χ3n) is 4.95. The molecule has 0 fully saturated rings. The predicted octanol–water partition coefficient (Wildman–Crippen LogP) is 4.06. The summed E-state index contributed by atoms with van der Waals surface area (Å²) in [5.74, 6) is -1.38. The van der Waals surface area contributed by atoms with Crippen molar-refractivity contribution >= 4 is 31.2 Å². The minimum Gasteiger partial charge on any atom is -0.299 e. The zero-order valence-corrected chi connectivity index (χ0v) is 21.2. The van der Waals surface area contributed by atoms with Gasteiger partial charge in [0.05, 0.1) is 9.79 Å². The van der Waals surface area contributed by atoms with E-state index in [1.54, 1.807) is 24.3 Å². The Bertz CT molecular complexity index is 1080. The molecule has 0 aromatic heterocycles. The highest BCUT2D eigenvalue weighted by Gasteiger charge is 2.21. The highest BCUT2D eigenvalue weighted by atomic mass is 32.2. The highest BCUT2D eigenvalue weighted by Crippen LogP contribution is 2.19. The molecule has 0 aliphatic carbocycles. The van der Waals surface area contributed by atoms with E-state index in [1.165, 1.54) is 24.3 Å². The van der Waals surface area contributed by atoms with E-state index in [0.29, 0.717) is 6.42 Å². The van der Waals surface area contributed by atoms with Crippen molar-refractivity contribution in [1.29, 1.82) is 0 Å². The number of carbonyl (C=O) groups excluding carboxylic acids is 2. The van der Waals surface area contributed by atoms with Crippen LogP contribution in [0.1, 0.15) is 51.7 Å². The van der Waals surface area contributed by atoms with E-state index in [2.05, 4.69) is 0 Å². The van der Waals surface area contributed by atoms with Crippen molar-refractivity contribution in [2.75, 3.05) is 11.5 Å². The van der Waals surface area contributed by atoms with E-state index < -0.39 is 31.2 Å². The maximum Gasteiger partial charge on any atom is 0.185 e. The van der Waals surface area contributed by atoms with Crippen LogP contribution in [0.5, 0.6) is 0 Å². The molecule has 2 aromatic carbocycles. The number of rotatable bonds is 12. The van der Waals surface area contributed by atoms with E-state index in [-0.39, 0.29) is 46.0 Å². The molecular weight excluding hydrogens is 460 g/mol. The Hall–Kier alpha value is -2.32. The highest BCUT2D eigenvalue weighted by molar-refractivity contribution is 7.92. The van der Waals surface area contributed by atoms with Crippen LogP contribution < -0.4 is 0 Å². The topological polar surface area (TPSA) is 102 Å². The SMILES string of the molecule is CC(C)CC(=O)CS(=O)(=O)c1ccc(Cc2ccc(S(=O)(=O)CC(=O)CC(C)C)cc2)cc1. The number of hydrogen-bond donors (Lipinski definition) is 0. The van der Waals surface area contributed by atoms with Crippen molar-refractivity contribution in [1.82, 2.24) is 0 Å². The van der Waals surface area contributed by atoms with Gasteiger partial charge in [0.1, 0.15) is 23.1 Å². The molecule has 0 amide bonds. The maximum atomic E-state index is 12.5. The van der Waals surface area contributed by atoms with Crippen LogP contribution in [0.3, 0.4) is 0 Å². The summed E-state index contributed by atoms with van der Waals surface area (Å²) >= 11 is 0. The lowest BCUT2D eigenvalue weighted by molar-refractivity contribution is -0.118. The summed E-state index contributed by atoms with van der Waals surface area (Å²) in [7, 11) is -7.36. The summed E-state index contributed by atoms with van der Waals surface area (Å²) in [6, 6.07) is 12.7. The van der Waals surface area contributed by atoms with Crippen LogP contribution in [-0.2, 0) is 35.7 Å². The second-order valence-electron chi connectivity index (χ2n) is 9.26. The van der Waals surface area contributed by atoms with Gasteiger partial charge in [0.2, 0.25) is 0 Å². The Labute approximate surface area is 197 Å². The largest absolute Gasteiger partial charge is 0.299 e. The third-order valence-corrected chi connectivity index (χ3v) is 8.33. The molecule has 2 aromatic rings.